The van der Waals surface area contributed by atoms with Crippen LogP contribution >= 0.6 is 11.6 Å². The number of aryl methyl sites for hydroxylation is 1. The quantitative estimate of drug-likeness (QED) is 0.594. The molecule has 0 spiro atoms. The summed E-state index contributed by atoms with van der Waals surface area (Å²) in [5.41, 5.74) is 1.28. The Morgan fingerprint density at radius 1 is 1.03 bits per heavy atom. The number of benzene rings is 1. The van der Waals surface area contributed by atoms with Gasteiger partial charge in [0.25, 0.3) is 0 Å². The number of hydrogen-bond donors (Lipinski definition) is 0. The van der Waals surface area contributed by atoms with Gasteiger partial charge in [0.2, 0.25) is 5.88 Å². The van der Waals surface area contributed by atoms with Crippen LogP contribution in [0.2, 0.25) is 5.02 Å². The van der Waals surface area contributed by atoms with Gasteiger partial charge in [0, 0.05) is 49.3 Å². The van der Waals surface area contributed by atoms with Crippen molar-refractivity contribution >= 4 is 11.6 Å². The normalized spacial score (nSPS) is 26.5. The minimum absolute atomic E-state index is 0.0974. The minimum atomic E-state index is 0.0974. The molecule has 1 saturated carbocycles. The Kier molecular flexibility index (Phi) is 5.48. The van der Waals surface area contributed by atoms with Crippen LogP contribution in [-0.4, -0.2) is 38.6 Å². The highest BCUT2D eigenvalue weighted by Gasteiger charge is 2.44. The SMILES string of the molecule is Cc1nccn1[C@H]1C[C@H]2CN(Cc3cccc(Cl)c3)C[C@H]2C[C@@H]1Oc1ccccn1. The van der Waals surface area contributed by atoms with Crippen LogP contribution in [0.25, 0.3) is 0 Å². The summed E-state index contributed by atoms with van der Waals surface area (Å²) < 4.78 is 8.72. The summed E-state index contributed by atoms with van der Waals surface area (Å²) in [4.78, 5) is 11.4. The molecule has 2 aromatic heterocycles. The summed E-state index contributed by atoms with van der Waals surface area (Å²) in [5, 5.41) is 0.809. The van der Waals surface area contributed by atoms with Gasteiger partial charge in [-0.3, -0.25) is 4.90 Å². The molecule has 3 aromatic rings. The maximum absolute atomic E-state index is 6.43. The molecule has 0 N–H and O–H groups in total. The molecule has 4 atom stereocenters. The fourth-order valence-electron chi connectivity index (χ4n) is 5.24. The Morgan fingerprint density at radius 2 is 1.90 bits per heavy atom. The first-order valence-electron chi connectivity index (χ1n) is 10.7. The fourth-order valence-corrected chi connectivity index (χ4v) is 5.45. The highest BCUT2D eigenvalue weighted by atomic mass is 35.5. The first-order chi connectivity index (χ1) is 14.7. The van der Waals surface area contributed by atoms with Crippen molar-refractivity contribution < 1.29 is 4.74 Å². The topological polar surface area (TPSA) is 43.2 Å². The number of rotatable bonds is 5. The number of aromatic nitrogens is 3. The van der Waals surface area contributed by atoms with Crippen LogP contribution in [0.3, 0.4) is 0 Å². The van der Waals surface area contributed by atoms with E-state index in [9.17, 15) is 0 Å². The van der Waals surface area contributed by atoms with Crippen molar-refractivity contribution in [3.63, 3.8) is 0 Å². The van der Waals surface area contributed by atoms with Crippen LogP contribution in [0.1, 0.15) is 30.3 Å². The van der Waals surface area contributed by atoms with E-state index in [0.717, 1.165) is 43.3 Å². The van der Waals surface area contributed by atoms with Gasteiger partial charge in [0.1, 0.15) is 11.9 Å². The van der Waals surface area contributed by atoms with Gasteiger partial charge in [-0.25, -0.2) is 9.97 Å². The second-order valence-corrected chi connectivity index (χ2v) is 9.03. The molecule has 5 nitrogen and oxygen atoms in total. The van der Waals surface area contributed by atoms with Crippen LogP contribution in [0.4, 0.5) is 0 Å². The molecule has 3 heterocycles. The summed E-state index contributed by atoms with van der Waals surface area (Å²) in [6, 6.07) is 14.3. The molecule has 1 aliphatic heterocycles. The molecule has 2 fully saturated rings. The van der Waals surface area contributed by atoms with E-state index >= 15 is 0 Å². The Morgan fingerprint density at radius 3 is 2.63 bits per heavy atom. The van der Waals surface area contributed by atoms with Gasteiger partial charge in [-0.1, -0.05) is 29.8 Å². The number of halogens is 1. The third kappa shape index (κ3) is 4.09. The summed E-state index contributed by atoms with van der Waals surface area (Å²) >= 11 is 6.19. The predicted octanol–water partition coefficient (Wildman–Crippen LogP) is 4.77. The maximum Gasteiger partial charge on any atom is 0.213 e. The van der Waals surface area contributed by atoms with E-state index in [4.69, 9.17) is 16.3 Å². The lowest BCUT2D eigenvalue weighted by Gasteiger charge is -2.38. The van der Waals surface area contributed by atoms with E-state index in [0.29, 0.717) is 17.7 Å². The lowest BCUT2D eigenvalue weighted by molar-refractivity contribution is 0.0504. The predicted molar refractivity (Wildman–Crippen MR) is 118 cm³/mol. The maximum atomic E-state index is 6.43. The lowest BCUT2D eigenvalue weighted by Crippen LogP contribution is -2.40. The molecule has 1 aromatic carbocycles. The van der Waals surface area contributed by atoms with Crippen molar-refractivity contribution in [2.75, 3.05) is 13.1 Å². The molecule has 0 bridgehead atoms. The van der Waals surface area contributed by atoms with Crippen molar-refractivity contribution in [2.45, 2.75) is 38.5 Å². The Balaban J connectivity index is 1.34. The van der Waals surface area contributed by atoms with Crippen LogP contribution in [0.5, 0.6) is 5.88 Å². The van der Waals surface area contributed by atoms with Crippen LogP contribution in [0, 0.1) is 18.8 Å². The summed E-state index contributed by atoms with van der Waals surface area (Å²) in [6.45, 7) is 5.25. The first kappa shape index (κ1) is 19.6. The third-order valence-electron chi connectivity index (χ3n) is 6.59. The Bertz CT molecular complexity index is 992. The van der Waals surface area contributed by atoms with E-state index in [2.05, 4.69) is 44.7 Å². The summed E-state index contributed by atoms with van der Waals surface area (Å²) in [7, 11) is 0. The van der Waals surface area contributed by atoms with Gasteiger partial charge in [0.05, 0.1) is 6.04 Å². The number of ether oxygens (including phenoxy) is 1. The zero-order chi connectivity index (χ0) is 20.5. The molecule has 0 amide bonds. The van der Waals surface area contributed by atoms with Gasteiger partial charge in [0.15, 0.2) is 0 Å². The van der Waals surface area contributed by atoms with E-state index in [-0.39, 0.29) is 12.1 Å². The molecule has 5 rings (SSSR count). The molecule has 156 valence electrons. The van der Waals surface area contributed by atoms with Crippen molar-refractivity contribution in [3.8, 4) is 5.88 Å². The van der Waals surface area contributed by atoms with Gasteiger partial charge >= 0.3 is 0 Å². The van der Waals surface area contributed by atoms with Crippen molar-refractivity contribution in [1.29, 1.82) is 0 Å². The van der Waals surface area contributed by atoms with Crippen molar-refractivity contribution in [1.82, 2.24) is 19.4 Å². The molecule has 1 aliphatic carbocycles. The zero-order valence-electron chi connectivity index (χ0n) is 17.2. The highest BCUT2D eigenvalue weighted by Crippen LogP contribution is 2.43. The van der Waals surface area contributed by atoms with E-state index in [1.807, 2.05) is 36.5 Å². The largest absolute Gasteiger partial charge is 0.472 e. The van der Waals surface area contributed by atoms with Gasteiger partial charge < -0.3 is 9.30 Å². The van der Waals surface area contributed by atoms with Crippen molar-refractivity contribution in [2.24, 2.45) is 11.8 Å². The standard InChI is InChI=1S/C24H27ClN4O/c1-17-26-9-10-29(17)22-12-19-15-28(14-18-5-4-6-21(25)11-18)16-20(19)13-23(22)30-24-7-2-3-8-27-24/h2-11,19-20,22-23H,12-16H2,1H3/t19-,20+,22-,23-/m0/s1. The summed E-state index contributed by atoms with van der Waals surface area (Å²) in [6.07, 6.45) is 8.01. The highest BCUT2D eigenvalue weighted by molar-refractivity contribution is 6.30. The number of likely N-dealkylation sites (tertiary alicyclic amines) is 1. The van der Waals surface area contributed by atoms with E-state index in [1.54, 1.807) is 6.20 Å². The average Bonchev–Trinajstić information content (AvgIpc) is 3.33. The smallest absolute Gasteiger partial charge is 0.213 e. The summed E-state index contributed by atoms with van der Waals surface area (Å²) in [5.74, 6) is 3.05. The van der Waals surface area contributed by atoms with E-state index in [1.165, 1.54) is 5.56 Å². The first-order valence-corrected chi connectivity index (χ1v) is 11.1. The molecule has 6 heteroatoms. The second-order valence-electron chi connectivity index (χ2n) is 8.59. The molecule has 2 aliphatic rings. The Labute approximate surface area is 182 Å². The third-order valence-corrected chi connectivity index (χ3v) is 6.82. The van der Waals surface area contributed by atoms with Crippen LogP contribution in [0.15, 0.2) is 61.1 Å². The number of hydrogen-bond acceptors (Lipinski definition) is 4. The molecule has 0 unspecified atom stereocenters. The van der Waals surface area contributed by atoms with Crippen LogP contribution < -0.4 is 4.74 Å². The molecule has 0 radical (unpaired) electrons. The number of nitrogens with zero attached hydrogens (tertiary/aromatic N) is 4. The van der Waals surface area contributed by atoms with Crippen LogP contribution in [-0.2, 0) is 6.54 Å². The van der Waals surface area contributed by atoms with Gasteiger partial charge in [-0.15, -0.1) is 0 Å². The number of pyridine rings is 1. The molecule has 30 heavy (non-hydrogen) atoms. The number of imidazole rings is 1. The average molecular weight is 423 g/mol. The minimum Gasteiger partial charge on any atom is -0.472 e. The monoisotopic (exact) mass is 422 g/mol. The fraction of sp³-hybridized carbons (Fsp3) is 0.417. The van der Waals surface area contributed by atoms with Crippen molar-refractivity contribution in [3.05, 3.63) is 77.5 Å². The molecular formula is C24H27ClN4O. The molecule has 1 saturated heterocycles. The molecular weight excluding hydrogens is 396 g/mol. The Hall–Kier alpha value is -2.37. The van der Waals surface area contributed by atoms with Gasteiger partial charge in [-0.05, 0) is 55.4 Å². The second kappa shape index (κ2) is 8.40. The van der Waals surface area contributed by atoms with Gasteiger partial charge in [-0.2, -0.15) is 0 Å². The lowest BCUT2D eigenvalue weighted by atomic mass is 9.77. The number of fused-ring (bicyclic) bond motifs is 1. The zero-order valence-corrected chi connectivity index (χ0v) is 17.9. The van der Waals surface area contributed by atoms with E-state index < -0.39 is 0 Å².